The molecule has 28 heavy (non-hydrogen) atoms. The van der Waals surface area contributed by atoms with Gasteiger partial charge >= 0.3 is 5.97 Å². The molecular weight excluding hydrogens is 448 g/mol. The van der Waals surface area contributed by atoms with Gasteiger partial charge in [0.25, 0.3) is 0 Å². The van der Waals surface area contributed by atoms with E-state index in [1.54, 1.807) is 25.1 Å². The number of sulfonamides is 1. The van der Waals surface area contributed by atoms with Crippen molar-refractivity contribution in [2.24, 2.45) is 0 Å². The molecule has 1 aliphatic rings. The van der Waals surface area contributed by atoms with E-state index in [2.05, 4.69) is 15.9 Å². The number of halogens is 1. The van der Waals surface area contributed by atoms with Gasteiger partial charge in [0.05, 0.1) is 39.7 Å². The number of rotatable bonds is 5. The number of hydrogen-bond donors (Lipinski definition) is 0. The van der Waals surface area contributed by atoms with Crippen LogP contribution in [0.4, 0.5) is 5.69 Å². The van der Waals surface area contributed by atoms with E-state index in [0.717, 1.165) is 0 Å². The predicted molar refractivity (Wildman–Crippen MR) is 107 cm³/mol. The van der Waals surface area contributed by atoms with Gasteiger partial charge in [-0.05, 0) is 53.5 Å². The molecule has 0 N–H and O–H groups in total. The van der Waals surface area contributed by atoms with Crippen LogP contribution in [0.2, 0.25) is 0 Å². The quantitative estimate of drug-likeness (QED) is 0.496. The Kier molecular flexibility index (Phi) is 5.91. The van der Waals surface area contributed by atoms with Gasteiger partial charge in [-0.2, -0.15) is 5.26 Å². The Morgan fingerprint density at radius 2 is 2.11 bits per heavy atom. The van der Waals surface area contributed by atoms with E-state index in [1.807, 2.05) is 6.07 Å². The van der Waals surface area contributed by atoms with Gasteiger partial charge in [-0.3, -0.25) is 4.31 Å². The molecule has 9 heteroatoms. The van der Waals surface area contributed by atoms with Crippen LogP contribution < -0.4 is 13.8 Å². The second-order valence-electron chi connectivity index (χ2n) is 6.01. The molecule has 0 unspecified atom stereocenters. The molecule has 1 heterocycles. The number of carbonyl (C=O) groups excluding carboxylic acids is 1. The molecule has 0 saturated carbocycles. The molecule has 0 atom stereocenters. The Morgan fingerprint density at radius 3 is 2.75 bits per heavy atom. The number of nitriles is 1. The molecule has 2 aromatic rings. The summed E-state index contributed by atoms with van der Waals surface area (Å²) >= 11 is 3.30. The topological polar surface area (TPSA) is 96.7 Å². The van der Waals surface area contributed by atoms with Crippen LogP contribution in [0.1, 0.15) is 29.3 Å². The molecule has 1 saturated heterocycles. The largest absolute Gasteiger partial charge is 0.490 e. The molecule has 7 nitrogen and oxygen atoms in total. The summed E-state index contributed by atoms with van der Waals surface area (Å²) in [6.45, 7) is 2.49. The van der Waals surface area contributed by atoms with Gasteiger partial charge in [0.2, 0.25) is 10.0 Å². The van der Waals surface area contributed by atoms with Gasteiger partial charge in [0.15, 0.2) is 11.5 Å². The Labute approximate surface area is 171 Å². The molecular formula is C19H17BrN2O5S. The third kappa shape index (κ3) is 4.13. The summed E-state index contributed by atoms with van der Waals surface area (Å²) in [5.41, 5.74) is 0.991. The van der Waals surface area contributed by atoms with Crippen LogP contribution in [-0.4, -0.2) is 33.3 Å². The molecule has 3 rings (SSSR count). The zero-order chi connectivity index (χ0) is 20.3. The third-order valence-electron chi connectivity index (χ3n) is 4.10. The average molecular weight is 465 g/mol. The van der Waals surface area contributed by atoms with Crippen LogP contribution in [-0.2, 0) is 10.0 Å². The van der Waals surface area contributed by atoms with Crippen molar-refractivity contribution < 1.29 is 22.7 Å². The smallest absolute Gasteiger partial charge is 0.343 e. The summed E-state index contributed by atoms with van der Waals surface area (Å²) in [4.78, 5) is 12.7. The molecule has 1 fully saturated rings. The van der Waals surface area contributed by atoms with Crippen LogP contribution >= 0.6 is 15.9 Å². The normalized spacial score (nSPS) is 15.1. The van der Waals surface area contributed by atoms with E-state index in [0.29, 0.717) is 35.3 Å². The van der Waals surface area contributed by atoms with Crippen molar-refractivity contribution in [3.05, 3.63) is 52.0 Å². The highest BCUT2D eigenvalue weighted by molar-refractivity contribution is 9.10. The summed E-state index contributed by atoms with van der Waals surface area (Å²) in [6, 6.07) is 11.3. The van der Waals surface area contributed by atoms with Crippen LogP contribution in [0.15, 0.2) is 40.9 Å². The fourth-order valence-electron chi connectivity index (χ4n) is 2.86. The van der Waals surface area contributed by atoms with Gasteiger partial charge in [-0.1, -0.05) is 6.07 Å². The molecule has 1 aliphatic heterocycles. The van der Waals surface area contributed by atoms with Gasteiger partial charge in [0.1, 0.15) is 0 Å². The van der Waals surface area contributed by atoms with E-state index in [4.69, 9.17) is 14.7 Å². The van der Waals surface area contributed by atoms with Crippen molar-refractivity contribution in [1.82, 2.24) is 0 Å². The van der Waals surface area contributed by atoms with Crippen LogP contribution in [0, 0.1) is 11.3 Å². The summed E-state index contributed by atoms with van der Waals surface area (Å²) in [5.74, 6) is -0.146. The van der Waals surface area contributed by atoms with Gasteiger partial charge < -0.3 is 9.47 Å². The van der Waals surface area contributed by atoms with Gasteiger partial charge in [-0.25, -0.2) is 13.2 Å². The Hall–Kier alpha value is -2.57. The Balaban J connectivity index is 1.90. The number of carbonyl (C=O) groups is 1. The highest BCUT2D eigenvalue weighted by Crippen LogP contribution is 2.37. The lowest BCUT2D eigenvalue weighted by Crippen LogP contribution is -2.25. The number of ether oxygens (including phenoxy) is 2. The number of hydrogen-bond acceptors (Lipinski definition) is 6. The lowest BCUT2D eigenvalue weighted by Gasteiger charge is -2.17. The van der Waals surface area contributed by atoms with E-state index >= 15 is 0 Å². The van der Waals surface area contributed by atoms with Crippen molar-refractivity contribution in [2.45, 2.75) is 13.3 Å². The standard InChI is InChI=1S/C19H17BrN2O5S/c1-2-26-17-10-13(12-21)9-16(20)18(17)27-19(23)14-5-3-6-15(11-14)22-7-4-8-28(22,24)25/h3,5-6,9-11H,2,4,7-8H2,1H3. The maximum atomic E-state index is 12.7. The number of anilines is 1. The van der Waals surface area contributed by atoms with Crippen molar-refractivity contribution >= 4 is 37.6 Å². The molecule has 2 aromatic carbocycles. The number of nitrogens with zero attached hydrogens (tertiary/aromatic N) is 2. The summed E-state index contributed by atoms with van der Waals surface area (Å²) in [7, 11) is -3.35. The molecule has 0 amide bonds. The second kappa shape index (κ2) is 8.20. The zero-order valence-corrected chi connectivity index (χ0v) is 17.4. The first kappa shape index (κ1) is 20.2. The van der Waals surface area contributed by atoms with Crippen LogP contribution in [0.5, 0.6) is 11.5 Å². The average Bonchev–Trinajstić information content (AvgIpc) is 3.03. The molecule has 0 bridgehead atoms. The van der Waals surface area contributed by atoms with Crippen LogP contribution in [0.3, 0.4) is 0 Å². The fourth-order valence-corrected chi connectivity index (χ4v) is 4.94. The zero-order valence-electron chi connectivity index (χ0n) is 15.0. The van der Waals surface area contributed by atoms with Gasteiger partial charge in [-0.15, -0.1) is 0 Å². The summed E-state index contributed by atoms with van der Waals surface area (Å²) in [6.07, 6.45) is 0.549. The van der Waals surface area contributed by atoms with E-state index < -0.39 is 16.0 Å². The first-order chi connectivity index (χ1) is 13.4. The molecule has 0 spiro atoms. The highest BCUT2D eigenvalue weighted by Gasteiger charge is 2.29. The monoisotopic (exact) mass is 464 g/mol. The molecule has 0 aliphatic carbocycles. The van der Waals surface area contributed by atoms with Crippen molar-refractivity contribution in [2.75, 3.05) is 23.2 Å². The molecule has 0 radical (unpaired) electrons. The maximum absolute atomic E-state index is 12.7. The first-order valence-corrected chi connectivity index (χ1v) is 10.9. The summed E-state index contributed by atoms with van der Waals surface area (Å²) in [5, 5.41) is 9.09. The maximum Gasteiger partial charge on any atom is 0.343 e. The van der Waals surface area contributed by atoms with Crippen molar-refractivity contribution in [1.29, 1.82) is 5.26 Å². The van der Waals surface area contributed by atoms with Crippen molar-refractivity contribution in [3.8, 4) is 17.6 Å². The van der Waals surface area contributed by atoms with E-state index in [9.17, 15) is 13.2 Å². The highest BCUT2D eigenvalue weighted by atomic mass is 79.9. The predicted octanol–water partition coefficient (Wildman–Crippen LogP) is 3.48. The summed E-state index contributed by atoms with van der Waals surface area (Å²) < 4.78 is 36.9. The third-order valence-corrected chi connectivity index (χ3v) is 6.56. The number of esters is 1. The second-order valence-corrected chi connectivity index (χ2v) is 8.88. The minimum absolute atomic E-state index is 0.0948. The van der Waals surface area contributed by atoms with E-state index in [-0.39, 0.29) is 22.8 Å². The number of benzene rings is 2. The Bertz CT molecular complexity index is 1060. The SMILES string of the molecule is CCOc1cc(C#N)cc(Br)c1OC(=O)c1cccc(N2CCCS2(=O)=O)c1. The first-order valence-electron chi connectivity index (χ1n) is 8.55. The molecule has 146 valence electrons. The Morgan fingerprint density at radius 1 is 1.32 bits per heavy atom. The fraction of sp³-hybridized carbons (Fsp3) is 0.263. The minimum atomic E-state index is -3.35. The van der Waals surface area contributed by atoms with Gasteiger partial charge in [0, 0.05) is 12.6 Å². The minimum Gasteiger partial charge on any atom is -0.490 e. The van der Waals surface area contributed by atoms with Crippen LogP contribution in [0.25, 0.3) is 0 Å². The lowest BCUT2D eigenvalue weighted by atomic mass is 10.2. The lowest BCUT2D eigenvalue weighted by molar-refractivity contribution is 0.0727. The molecule has 0 aromatic heterocycles. The van der Waals surface area contributed by atoms with E-state index in [1.165, 1.54) is 22.5 Å². The van der Waals surface area contributed by atoms with Crippen molar-refractivity contribution in [3.63, 3.8) is 0 Å².